The molecule has 8 heteroatoms. The molecular weight excluding hydrogens is 402 g/mol. The number of ether oxygens (including phenoxy) is 1. The Kier molecular flexibility index (Phi) is 5.59. The van der Waals surface area contributed by atoms with Crippen LogP contribution in [0.5, 0.6) is 0 Å². The Morgan fingerprint density at radius 2 is 2.03 bits per heavy atom. The number of hydrogen-bond acceptors (Lipinski definition) is 5. The molecule has 0 saturated carbocycles. The van der Waals surface area contributed by atoms with E-state index >= 15 is 0 Å². The van der Waals surface area contributed by atoms with E-state index in [1.54, 1.807) is 9.58 Å². The first-order valence-corrected chi connectivity index (χ1v) is 10.7. The number of thiophene rings is 1. The molecule has 0 radical (unpaired) electrons. The Morgan fingerprint density at radius 1 is 1.27 bits per heavy atom. The average molecular weight is 426 g/mol. The van der Waals surface area contributed by atoms with E-state index in [-0.39, 0.29) is 11.5 Å². The first-order chi connectivity index (χ1) is 14.5. The Bertz CT molecular complexity index is 1090. The molecular formula is C22H23N3O4S. The quantitative estimate of drug-likeness (QED) is 0.629. The number of carbonyl (C=O) groups excluding carboxylic acids is 1. The number of aromatic nitrogens is 2. The average Bonchev–Trinajstić information content (AvgIpc) is 3.31. The number of aryl methyl sites for hydroxylation is 2. The van der Waals surface area contributed by atoms with Gasteiger partial charge in [0.15, 0.2) is 0 Å². The van der Waals surface area contributed by atoms with Crippen molar-refractivity contribution in [3.05, 3.63) is 58.1 Å². The van der Waals surface area contributed by atoms with Gasteiger partial charge < -0.3 is 9.84 Å². The van der Waals surface area contributed by atoms with Crippen LogP contribution in [0.1, 0.15) is 39.7 Å². The standard InChI is InChI=1S/C22H23N3O4S/c1-3-11-25(22(28)29-13-14-7-5-4-6-8-14)20-17-16(19(30-20)21(26)27)10-9-15-12-23-24(2)18(15)17/h4-8,12H,3,9-11,13H2,1-2H3,(H,26,27). The second-order valence-electron chi connectivity index (χ2n) is 7.23. The van der Waals surface area contributed by atoms with Gasteiger partial charge in [-0.1, -0.05) is 37.3 Å². The highest BCUT2D eigenvalue weighted by molar-refractivity contribution is 7.19. The van der Waals surface area contributed by atoms with Crippen LogP contribution in [0.3, 0.4) is 0 Å². The maximum atomic E-state index is 13.0. The minimum atomic E-state index is -0.970. The van der Waals surface area contributed by atoms with E-state index in [0.717, 1.165) is 45.7 Å². The normalized spacial score (nSPS) is 12.2. The molecule has 156 valence electrons. The highest BCUT2D eigenvalue weighted by Gasteiger charge is 2.34. The van der Waals surface area contributed by atoms with E-state index in [1.807, 2.05) is 50.5 Å². The fraction of sp³-hybridized carbons (Fsp3) is 0.318. The molecule has 2 heterocycles. The predicted octanol–water partition coefficient (Wildman–Crippen LogP) is 4.50. The number of anilines is 1. The molecule has 7 nitrogen and oxygen atoms in total. The Labute approximate surface area is 178 Å². The van der Waals surface area contributed by atoms with Crippen molar-refractivity contribution in [3.8, 4) is 11.3 Å². The fourth-order valence-electron chi connectivity index (χ4n) is 3.84. The third-order valence-corrected chi connectivity index (χ3v) is 6.44. The van der Waals surface area contributed by atoms with Crippen molar-refractivity contribution in [1.29, 1.82) is 0 Å². The van der Waals surface area contributed by atoms with Gasteiger partial charge in [0.05, 0.1) is 11.9 Å². The van der Waals surface area contributed by atoms with Crippen LogP contribution in [0.4, 0.5) is 9.80 Å². The molecule has 1 amide bonds. The highest BCUT2D eigenvalue weighted by Crippen LogP contribution is 2.47. The third kappa shape index (κ3) is 3.59. The van der Waals surface area contributed by atoms with Crippen molar-refractivity contribution in [2.45, 2.75) is 32.8 Å². The predicted molar refractivity (Wildman–Crippen MR) is 115 cm³/mol. The van der Waals surface area contributed by atoms with Crippen molar-refractivity contribution in [2.75, 3.05) is 11.4 Å². The molecule has 0 spiro atoms. The van der Waals surface area contributed by atoms with Gasteiger partial charge in [-0.05, 0) is 36.0 Å². The van der Waals surface area contributed by atoms with E-state index in [4.69, 9.17) is 4.74 Å². The van der Waals surface area contributed by atoms with Crippen LogP contribution in [-0.4, -0.2) is 33.5 Å². The number of carboxylic acids is 1. The maximum Gasteiger partial charge on any atom is 0.415 e. The molecule has 0 atom stereocenters. The van der Waals surface area contributed by atoms with E-state index in [9.17, 15) is 14.7 Å². The SMILES string of the molecule is CCCN(C(=O)OCc1ccccc1)c1sc(C(=O)O)c2c1-c1c(cnn1C)CC2. The lowest BCUT2D eigenvalue weighted by atomic mass is 9.91. The summed E-state index contributed by atoms with van der Waals surface area (Å²) in [6.07, 6.45) is 3.41. The molecule has 0 bridgehead atoms. The summed E-state index contributed by atoms with van der Waals surface area (Å²) in [5, 5.41) is 14.8. The van der Waals surface area contributed by atoms with Crippen LogP contribution in [0.25, 0.3) is 11.3 Å². The van der Waals surface area contributed by atoms with E-state index in [2.05, 4.69) is 5.10 Å². The number of carbonyl (C=O) groups is 2. The van der Waals surface area contributed by atoms with E-state index in [1.165, 1.54) is 0 Å². The monoisotopic (exact) mass is 425 g/mol. The first kappa shape index (κ1) is 20.2. The smallest absolute Gasteiger partial charge is 0.415 e. The zero-order valence-corrected chi connectivity index (χ0v) is 17.7. The van der Waals surface area contributed by atoms with Gasteiger partial charge in [0.25, 0.3) is 0 Å². The fourth-order valence-corrected chi connectivity index (χ4v) is 5.05. The zero-order valence-electron chi connectivity index (χ0n) is 16.9. The number of nitrogens with zero attached hydrogens (tertiary/aromatic N) is 3. The molecule has 4 rings (SSSR count). The van der Waals surface area contributed by atoms with Gasteiger partial charge in [0.2, 0.25) is 0 Å². The summed E-state index contributed by atoms with van der Waals surface area (Å²) < 4.78 is 7.34. The second kappa shape index (κ2) is 8.31. The van der Waals surface area contributed by atoms with Gasteiger partial charge in [-0.15, -0.1) is 11.3 Å². The topological polar surface area (TPSA) is 84.7 Å². The summed E-state index contributed by atoms with van der Waals surface area (Å²) >= 11 is 1.14. The lowest BCUT2D eigenvalue weighted by Gasteiger charge is -2.23. The largest absolute Gasteiger partial charge is 0.477 e. The van der Waals surface area contributed by atoms with E-state index in [0.29, 0.717) is 24.4 Å². The van der Waals surface area contributed by atoms with Crippen molar-refractivity contribution >= 4 is 28.4 Å². The number of rotatable bonds is 6. The van der Waals surface area contributed by atoms with Crippen molar-refractivity contribution in [1.82, 2.24) is 9.78 Å². The minimum Gasteiger partial charge on any atom is -0.477 e. The molecule has 0 unspecified atom stereocenters. The van der Waals surface area contributed by atoms with Gasteiger partial charge in [-0.2, -0.15) is 5.10 Å². The van der Waals surface area contributed by atoms with Crippen molar-refractivity contribution in [3.63, 3.8) is 0 Å². The number of amides is 1. The van der Waals surface area contributed by atoms with Crippen LogP contribution >= 0.6 is 11.3 Å². The van der Waals surface area contributed by atoms with Crippen molar-refractivity contribution in [2.24, 2.45) is 7.05 Å². The number of carboxylic acid groups (broad SMARTS) is 1. The Morgan fingerprint density at radius 3 is 2.73 bits per heavy atom. The van der Waals surface area contributed by atoms with Gasteiger partial charge in [0, 0.05) is 19.2 Å². The molecule has 0 aliphatic heterocycles. The molecule has 1 N–H and O–H groups in total. The van der Waals surface area contributed by atoms with Gasteiger partial charge in [0.1, 0.15) is 16.5 Å². The molecule has 1 aliphatic carbocycles. The Balaban J connectivity index is 1.74. The number of fused-ring (bicyclic) bond motifs is 3. The summed E-state index contributed by atoms with van der Waals surface area (Å²) in [4.78, 5) is 26.8. The van der Waals surface area contributed by atoms with Crippen LogP contribution in [0.2, 0.25) is 0 Å². The van der Waals surface area contributed by atoms with Crippen molar-refractivity contribution < 1.29 is 19.4 Å². The molecule has 1 aliphatic rings. The van der Waals surface area contributed by atoms with Crippen LogP contribution in [-0.2, 0) is 31.2 Å². The van der Waals surface area contributed by atoms with Gasteiger partial charge in [-0.25, -0.2) is 9.59 Å². The zero-order chi connectivity index (χ0) is 21.3. The van der Waals surface area contributed by atoms with E-state index < -0.39 is 12.1 Å². The highest BCUT2D eigenvalue weighted by atomic mass is 32.1. The third-order valence-electron chi connectivity index (χ3n) is 5.20. The molecule has 0 saturated heterocycles. The summed E-state index contributed by atoms with van der Waals surface area (Å²) in [7, 11) is 1.84. The summed E-state index contributed by atoms with van der Waals surface area (Å²) in [6, 6.07) is 9.49. The van der Waals surface area contributed by atoms with Crippen LogP contribution in [0, 0.1) is 0 Å². The summed E-state index contributed by atoms with van der Waals surface area (Å²) in [5.41, 5.74) is 4.41. The van der Waals surface area contributed by atoms with Crippen LogP contribution in [0.15, 0.2) is 36.5 Å². The lowest BCUT2D eigenvalue weighted by molar-refractivity contribution is 0.0701. The van der Waals surface area contributed by atoms with Gasteiger partial charge >= 0.3 is 12.1 Å². The molecule has 2 aromatic heterocycles. The molecule has 0 fully saturated rings. The lowest BCUT2D eigenvalue weighted by Crippen LogP contribution is -2.32. The maximum absolute atomic E-state index is 13.0. The molecule has 30 heavy (non-hydrogen) atoms. The second-order valence-corrected chi connectivity index (χ2v) is 8.23. The Hall–Kier alpha value is -3.13. The first-order valence-electron chi connectivity index (χ1n) is 9.89. The van der Waals surface area contributed by atoms with Crippen LogP contribution < -0.4 is 4.90 Å². The minimum absolute atomic E-state index is 0.163. The summed E-state index contributed by atoms with van der Waals surface area (Å²) in [6.45, 7) is 2.58. The number of aromatic carboxylic acids is 1. The number of hydrogen-bond donors (Lipinski definition) is 1. The molecule has 1 aromatic carbocycles. The molecule has 3 aromatic rings. The number of benzene rings is 1. The summed E-state index contributed by atoms with van der Waals surface area (Å²) in [5.74, 6) is -0.970. The van der Waals surface area contributed by atoms with Gasteiger partial charge in [-0.3, -0.25) is 9.58 Å².